The summed E-state index contributed by atoms with van der Waals surface area (Å²) in [6, 6.07) is 10.8. The van der Waals surface area contributed by atoms with Gasteiger partial charge < -0.3 is 14.2 Å². The standard InChI is InChI=1S/C25H30ClN7O3S/c1-18-15-20(17-27-29-25-8-7-24(26)28-30-25)19(2)33(18)23-16-21(5-6-22(23)31-9-3-4-10-31)37(34,35)32-11-13-36-14-12-32/h5-8,15-17H,3-4,9-14H2,1-2H3,(H,29,30). The molecule has 12 heteroatoms. The van der Waals surface area contributed by atoms with Crippen LogP contribution in [0.25, 0.3) is 5.69 Å². The minimum Gasteiger partial charge on any atom is -0.379 e. The summed E-state index contributed by atoms with van der Waals surface area (Å²) >= 11 is 5.79. The number of halogens is 1. The molecule has 0 radical (unpaired) electrons. The van der Waals surface area contributed by atoms with Gasteiger partial charge in [-0.3, -0.25) is 5.43 Å². The van der Waals surface area contributed by atoms with Crippen molar-refractivity contribution in [3.05, 3.63) is 58.5 Å². The van der Waals surface area contributed by atoms with Crippen molar-refractivity contribution in [3.8, 4) is 5.69 Å². The fourth-order valence-corrected chi connectivity index (χ4v) is 6.37. The largest absolute Gasteiger partial charge is 0.379 e. The van der Waals surface area contributed by atoms with E-state index in [4.69, 9.17) is 16.3 Å². The number of hydrazone groups is 1. The maximum atomic E-state index is 13.5. The molecule has 2 aliphatic rings. The number of aryl methyl sites for hydroxylation is 1. The van der Waals surface area contributed by atoms with Gasteiger partial charge in [0, 0.05) is 43.1 Å². The molecule has 0 bridgehead atoms. The number of morpholine rings is 1. The lowest BCUT2D eigenvalue weighted by Gasteiger charge is -2.28. The third kappa shape index (κ3) is 5.35. The summed E-state index contributed by atoms with van der Waals surface area (Å²) in [5, 5.41) is 12.4. The normalized spacial score (nSPS) is 17.1. The van der Waals surface area contributed by atoms with Crippen LogP contribution in [0.3, 0.4) is 0 Å². The highest BCUT2D eigenvalue weighted by Crippen LogP contribution is 2.34. The first-order chi connectivity index (χ1) is 17.8. The number of aromatic nitrogens is 3. The second-order valence-corrected chi connectivity index (χ2v) is 11.5. The number of ether oxygens (including phenoxy) is 1. The second-order valence-electron chi connectivity index (χ2n) is 9.13. The molecule has 0 atom stereocenters. The van der Waals surface area contributed by atoms with Gasteiger partial charge in [-0.2, -0.15) is 9.41 Å². The van der Waals surface area contributed by atoms with E-state index in [1.54, 1.807) is 30.5 Å². The highest BCUT2D eigenvalue weighted by Gasteiger charge is 2.28. The van der Waals surface area contributed by atoms with Crippen LogP contribution in [-0.4, -0.2) is 73.1 Å². The van der Waals surface area contributed by atoms with Gasteiger partial charge in [0.05, 0.1) is 35.7 Å². The molecule has 1 aromatic carbocycles. The van der Waals surface area contributed by atoms with E-state index in [2.05, 4.69) is 30.2 Å². The number of hydrogen-bond donors (Lipinski definition) is 1. The lowest BCUT2D eigenvalue weighted by molar-refractivity contribution is 0.0730. The van der Waals surface area contributed by atoms with Crippen LogP contribution in [0.4, 0.5) is 11.5 Å². The monoisotopic (exact) mass is 543 g/mol. The quantitative estimate of drug-likeness (QED) is 0.358. The Bertz CT molecular complexity index is 1390. The van der Waals surface area contributed by atoms with E-state index in [1.807, 2.05) is 26.0 Å². The fraction of sp³-hybridized carbons (Fsp3) is 0.400. The zero-order valence-electron chi connectivity index (χ0n) is 20.9. The van der Waals surface area contributed by atoms with Crippen LogP contribution in [0.1, 0.15) is 29.8 Å². The number of benzene rings is 1. The first kappa shape index (κ1) is 25.7. The Morgan fingerprint density at radius 2 is 1.76 bits per heavy atom. The molecule has 1 N–H and O–H groups in total. The lowest BCUT2D eigenvalue weighted by Crippen LogP contribution is -2.40. The maximum absolute atomic E-state index is 13.5. The molecule has 37 heavy (non-hydrogen) atoms. The number of anilines is 2. The molecule has 0 aliphatic carbocycles. The van der Waals surface area contributed by atoms with Crippen molar-refractivity contribution in [1.29, 1.82) is 0 Å². The van der Waals surface area contributed by atoms with Crippen LogP contribution in [0, 0.1) is 13.8 Å². The third-order valence-electron chi connectivity index (χ3n) is 6.73. The molecule has 0 saturated carbocycles. The van der Waals surface area contributed by atoms with Gasteiger partial charge in [0.2, 0.25) is 10.0 Å². The highest BCUT2D eigenvalue weighted by molar-refractivity contribution is 7.89. The number of rotatable bonds is 7. The van der Waals surface area contributed by atoms with E-state index < -0.39 is 10.0 Å². The van der Waals surface area contributed by atoms with Crippen LogP contribution in [0.2, 0.25) is 5.15 Å². The van der Waals surface area contributed by atoms with Crippen LogP contribution < -0.4 is 10.3 Å². The van der Waals surface area contributed by atoms with Crippen LogP contribution in [0.15, 0.2) is 46.4 Å². The Hall–Kier alpha value is -2.99. The fourth-order valence-electron chi connectivity index (χ4n) is 4.84. The zero-order valence-corrected chi connectivity index (χ0v) is 22.5. The lowest BCUT2D eigenvalue weighted by atomic mass is 10.2. The van der Waals surface area contributed by atoms with Gasteiger partial charge in [-0.05, 0) is 63.1 Å². The Labute approximate surface area is 221 Å². The van der Waals surface area contributed by atoms with E-state index in [9.17, 15) is 8.42 Å². The van der Waals surface area contributed by atoms with Crippen molar-refractivity contribution < 1.29 is 13.2 Å². The molecule has 196 valence electrons. The number of nitrogens with zero attached hydrogens (tertiary/aromatic N) is 6. The minimum atomic E-state index is -3.64. The zero-order chi connectivity index (χ0) is 26.0. The molecular weight excluding hydrogens is 514 g/mol. The average molecular weight is 544 g/mol. The smallest absolute Gasteiger partial charge is 0.243 e. The molecular formula is C25H30ClN7O3S. The van der Waals surface area contributed by atoms with Crippen LogP contribution in [0.5, 0.6) is 0 Å². The first-order valence-electron chi connectivity index (χ1n) is 12.3. The molecule has 0 amide bonds. The van der Waals surface area contributed by atoms with Gasteiger partial charge in [-0.1, -0.05) is 11.6 Å². The molecule has 2 aromatic heterocycles. The minimum absolute atomic E-state index is 0.290. The summed E-state index contributed by atoms with van der Waals surface area (Å²) in [7, 11) is -3.64. The Morgan fingerprint density at radius 3 is 2.46 bits per heavy atom. The van der Waals surface area contributed by atoms with Gasteiger partial charge in [-0.15, -0.1) is 10.2 Å². The van der Waals surface area contributed by atoms with E-state index in [-0.39, 0.29) is 4.90 Å². The van der Waals surface area contributed by atoms with Gasteiger partial charge >= 0.3 is 0 Å². The molecule has 0 spiro atoms. The van der Waals surface area contributed by atoms with E-state index in [0.29, 0.717) is 37.3 Å². The van der Waals surface area contributed by atoms with E-state index >= 15 is 0 Å². The summed E-state index contributed by atoms with van der Waals surface area (Å²) in [4.78, 5) is 2.62. The SMILES string of the molecule is Cc1cc(C=NNc2ccc(Cl)nn2)c(C)n1-c1cc(S(=O)(=O)N2CCOCC2)ccc1N1CCCC1. The Morgan fingerprint density at radius 1 is 1.00 bits per heavy atom. The topological polar surface area (TPSA) is 105 Å². The molecule has 5 rings (SSSR count). The van der Waals surface area contributed by atoms with Gasteiger partial charge in [0.15, 0.2) is 11.0 Å². The Balaban J connectivity index is 1.52. The van der Waals surface area contributed by atoms with Crippen molar-refractivity contribution in [2.75, 3.05) is 49.7 Å². The molecule has 2 aliphatic heterocycles. The van der Waals surface area contributed by atoms with Crippen molar-refractivity contribution in [1.82, 2.24) is 19.1 Å². The predicted octanol–water partition coefficient (Wildman–Crippen LogP) is 3.60. The summed E-state index contributed by atoms with van der Waals surface area (Å²) in [6.07, 6.45) is 3.96. The van der Waals surface area contributed by atoms with Crippen molar-refractivity contribution in [3.63, 3.8) is 0 Å². The summed E-state index contributed by atoms with van der Waals surface area (Å²) in [6.45, 7) is 7.45. The molecule has 4 heterocycles. The van der Waals surface area contributed by atoms with Crippen LogP contribution >= 0.6 is 11.6 Å². The van der Waals surface area contributed by atoms with Crippen molar-refractivity contribution >= 4 is 39.3 Å². The van der Waals surface area contributed by atoms with E-state index in [0.717, 1.165) is 54.3 Å². The average Bonchev–Trinajstić information content (AvgIpc) is 3.53. The number of hydrogen-bond acceptors (Lipinski definition) is 8. The van der Waals surface area contributed by atoms with Crippen molar-refractivity contribution in [2.45, 2.75) is 31.6 Å². The molecule has 10 nitrogen and oxygen atoms in total. The van der Waals surface area contributed by atoms with Gasteiger partial charge in [0.1, 0.15) is 0 Å². The molecule has 2 fully saturated rings. The summed E-state index contributed by atoms with van der Waals surface area (Å²) in [5.74, 6) is 0.479. The maximum Gasteiger partial charge on any atom is 0.243 e. The van der Waals surface area contributed by atoms with Crippen molar-refractivity contribution in [2.24, 2.45) is 5.10 Å². The second kappa shape index (κ2) is 10.8. The summed E-state index contributed by atoms with van der Waals surface area (Å²) < 4.78 is 35.9. The van der Waals surface area contributed by atoms with E-state index in [1.165, 1.54) is 4.31 Å². The van der Waals surface area contributed by atoms with Gasteiger partial charge in [-0.25, -0.2) is 8.42 Å². The Kier molecular flexibility index (Phi) is 7.47. The first-order valence-corrected chi connectivity index (χ1v) is 14.1. The predicted molar refractivity (Wildman–Crippen MR) is 145 cm³/mol. The molecule has 2 saturated heterocycles. The summed E-state index contributed by atoms with van der Waals surface area (Å²) in [5.41, 5.74) is 7.57. The molecule has 3 aromatic rings. The molecule has 0 unspecified atom stereocenters. The third-order valence-corrected chi connectivity index (χ3v) is 8.82. The van der Waals surface area contributed by atoms with Gasteiger partial charge in [0.25, 0.3) is 0 Å². The highest BCUT2D eigenvalue weighted by atomic mass is 35.5. The number of nitrogens with one attached hydrogen (secondary N) is 1. The number of sulfonamides is 1. The van der Waals surface area contributed by atoms with Crippen LogP contribution in [-0.2, 0) is 14.8 Å².